The first-order valence-corrected chi connectivity index (χ1v) is 15.4. The van der Waals surface area contributed by atoms with E-state index in [9.17, 15) is 19.2 Å². The Bertz CT molecular complexity index is 993. The van der Waals surface area contributed by atoms with Crippen molar-refractivity contribution in [2.75, 3.05) is 6.61 Å². The van der Waals surface area contributed by atoms with Crippen LogP contribution in [0.3, 0.4) is 0 Å². The van der Waals surface area contributed by atoms with E-state index in [1.165, 1.54) is 6.92 Å². The van der Waals surface area contributed by atoms with Gasteiger partial charge in [0.1, 0.15) is 11.2 Å². The number of ether oxygens (including phenoxy) is 4. The lowest BCUT2D eigenvalue weighted by Crippen LogP contribution is -2.61. The highest BCUT2D eigenvalue weighted by Crippen LogP contribution is 2.25. The minimum Gasteiger partial charge on any atom is -0.462 e. The van der Waals surface area contributed by atoms with Crippen molar-refractivity contribution >= 4 is 30.0 Å². The van der Waals surface area contributed by atoms with E-state index in [1.54, 1.807) is 47.6 Å². The molecular formula is C31H54N4O8. The Morgan fingerprint density at radius 3 is 2.09 bits per heavy atom. The molecule has 3 amide bonds. The van der Waals surface area contributed by atoms with Gasteiger partial charge in [-0.25, -0.2) is 14.4 Å². The number of nitrogens with zero attached hydrogens (tertiary/aromatic N) is 1. The Morgan fingerprint density at radius 1 is 0.930 bits per heavy atom. The molecule has 1 aliphatic rings. The number of amides is 3. The highest BCUT2D eigenvalue weighted by atomic mass is 16.6. The number of aliphatic imine (C=N–C) groups is 1. The van der Waals surface area contributed by atoms with E-state index in [1.807, 2.05) is 13.8 Å². The number of rotatable bonds is 12. The minimum atomic E-state index is -0.954. The fraction of sp³-hybridized carbons (Fsp3) is 0.774. The van der Waals surface area contributed by atoms with Crippen LogP contribution in [0.15, 0.2) is 16.6 Å². The van der Waals surface area contributed by atoms with Crippen LogP contribution in [-0.4, -0.2) is 72.1 Å². The standard InChI is InChI=1S/C31H54N4O8/c1-11-14-15-16-17-40-26(37)21-18-23(25(32-20(4)36)24(19-21)41-22(12-2)13-3)33-27(34-28(38)42-30(5,6)7)35-29(39)43-31(8,9)10/h19,22-25H,11-18H2,1-10H3,(H,32,36)(H2,33,34,35,38,39)/t23-,24+,25+/m0/s1. The van der Waals surface area contributed by atoms with Crippen molar-refractivity contribution in [2.45, 2.75) is 150 Å². The van der Waals surface area contributed by atoms with Crippen LogP contribution in [0.4, 0.5) is 9.59 Å². The molecule has 0 bridgehead atoms. The van der Waals surface area contributed by atoms with Gasteiger partial charge in [-0.2, -0.15) is 0 Å². The quantitative estimate of drug-likeness (QED) is 0.0879. The van der Waals surface area contributed by atoms with Crippen LogP contribution >= 0.6 is 0 Å². The topological polar surface area (TPSA) is 154 Å². The highest BCUT2D eigenvalue weighted by molar-refractivity contribution is 5.99. The molecular weight excluding hydrogens is 556 g/mol. The Balaban J connectivity index is 3.46. The molecule has 1 aliphatic carbocycles. The van der Waals surface area contributed by atoms with E-state index >= 15 is 0 Å². The van der Waals surface area contributed by atoms with E-state index < -0.39 is 47.5 Å². The van der Waals surface area contributed by atoms with E-state index in [4.69, 9.17) is 18.9 Å². The van der Waals surface area contributed by atoms with Gasteiger partial charge in [0, 0.05) is 18.9 Å². The molecule has 12 heteroatoms. The molecule has 0 aliphatic heterocycles. The first-order valence-electron chi connectivity index (χ1n) is 15.4. The molecule has 0 saturated carbocycles. The number of hydrogen-bond donors (Lipinski definition) is 3. The van der Waals surface area contributed by atoms with Crippen LogP contribution in [0.1, 0.15) is 114 Å². The summed E-state index contributed by atoms with van der Waals surface area (Å²) in [5.41, 5.74) is -1.32. The molecule has 0 aromatic carbocycles. The number of alkyl carbamates (subject to hydrolysis) is 1. The van der Waals surface area contributed by atoms with Crippen molar-refractivity contribution in [3.8, 4) is 0 Å². The molecule has 0 spiro atoms. The molecule has 246 valence electrons. The molecule has 3 N–H and O–H groups in total. The largest absolute Gasteiger partial charge is 0.462 e. The summed E-state index contributed by atoms with van der Waals surface area (Å²) in [5.74, 6) is -1.08. The maximum atomic E-state index is 13.2. The molecule has 0 heterocycles. The molecule has 3 atom stereocenters. The fourth-order valence-electron chi connectivity index (χ4n) is 4.33. The number of carbonyl (C=O) groups excluding carboxylic acids is 4. The Hall–Kier alpha value is -3.15. The second-order valence-electron chi connectivity index (χ2n) is 12.7. The summed E-state index contributed by atoms with van der Waals surface area (Å²) in [6.45, 7) is 17.9. The van der Waals surface area contributed by atoms with Crippen molar-refractivity contribution < 1.29 is 38.1 Å². The lowest BCUT2D eigenvalue weighted by atomic mass is 9.87. The van der Waals surface area contributed by atoms with Crippen LogP contribution in [0.5, 0.6) is 0 Å². The third-order valence-corrected chi connectivity index (χ3v) is 6.25. The first-order chi connectivity index (χ1) is 20.0. The van der Waals surface area contributed by atoms with Crippen LogP contribution < -0.4 is 16.0 Å². The Kier molecular flexibility index (Phi) is 15.7. The lowest BCUT2D eigenvalue weighted by molar-refractivity contribution is -0.139. The van der Waals surface area contributed by atoms with Gasteiger partial charge in [0.05, 0.1) is 30.9 Å². The summed E-state index contributed by atoms with van der Waals surface area (Å²) in [6.07, 6.45) is 4.38. The molecule has 0 radical (unpaired) electrons. The summed E-state index contributed by atoms with van der Waals surface area (Å²) in [7, 11) is 0. The summed E-state index contributed by atoms with van der Waals surface area (Å²) in [4.78, 5) is 54.8. The van der Waals surface area contributed by atoms with Crippen molar-refractivity contribution in [3.05, 3.63) is 11.6 Å². The predicted octanol–water partition coefficient (Wildman–Crippen LogP) is 5.29. The zero-order valence-corrected chi connectivity index (χ0v) is 27.8. The van der Waals surface area contributed by atoms with Gasteiger partial charge in [-0.15, -0.1) is 4.99 Å². The predicted molar refractivity (Wildman–Crippen MR) is 165 cm³/mol. The number of hydrogen-bond acceptors (Lipinski definition) is 8. The molecule has 0 fully saturated rings. The van der Waals surface area contributed by atoms with E-state index in [0.717, 1.165) is 25.7 Å². The van der Waals surface area contributed by atoms with Crippen molar-refractivity contribution in [1.82, 2.24) is 16.0 Å². The zero-order valence-electron chi connectivity index (χ0n) is 27.8. The number of carbonyl (C=O) groups is 4. The molecule has 0 aromatic rings. The zero-order chi connectivity index (χ0) is 32.8. The summed E-state index contributed by atoms with van der Waals surface area (Å²) in [5, 5.41) is 8.43. The highest BCUT2D eigenvalue weighted by Gasteiger charge is 2.39. The number of nitrogens with one attached hydrogen (secondary N) is 3. The average Bonchev–Trinajstić information content (AvgIpc) is 2.85. The Labute approximate surface area is 257 Å². The number of guanidine groups is 1. The second-order valence-corrected chi connectivity index (χ2v) is 12.7. The third kappa shape index (κ3) is 15.8. The molecule has 43 heavy (non-hydrogen) atoms. The smallest absolute Gasteiger partial charge is 0.437 e. The average molecular weight is 611 g/mol. The summed E-state index contributed by atoms with van der Waals surface area (Å²) >= 11 is 0. The van der Waals surface area contributed by atoms with Gasteiger partial charge in [-0.05, 0) is 66.9 Å². The maximum absolute atomic E-state index is 13.2. The van der Waals surface area contributed by atoms with Crippen molar-refractivity contribution in [3.63, 3.8) is 0 Å². The van der Waals surface area contributed by atoms with E-state index in [2.05, 4.69) is 27.9 Å². The lowest BCUT2D eigenvalue weighted by Gasteiger charge is -2.39. The molecule has 1 rings (SSSR count). The second kappa shape index (κ2) is 17.8. The molecule has 12 nitrogen and oxygen atoms in total. The first kappa shape index (κ1) is 37.9. The normalized spacial score (nSPS) is 19.3. The van der Waals surface area contributed by atoms with Gasteiger partial charge in [0.2, 0.25) is 11.9 Å². The molecule has 0 aromatic heterocycles. The van der Waals surface area contributed by atoms with Crippen molar-refractivity contribution in [2.24, 2.45) is 4.99 Å². The monoisotopic (exact) mass is 610 g/mol. The van der Waals surface area contributed by atoms with Gasteiger partial charge < -0.3 is 29.6 Å². The van der Waals surface area contributed by atoms with Crippen LogP contribution in [0, 0.1) is 0 Å². The SMILES string of the molecule is CCCCCCOC(=O)C1=C[C@@H](OC(CC)CC)[C@H](NC(C)=O)[C@@H](NC(=NC(=O)OC(C)(C)C)NC(=O)OC(C)(C)C)C1. The van der Waals surface area contributed by atoms with E-state index in [0.29, 0.717) is 18.4 Å². The summed E-state index contributed by atoms with van der Waals surface area (Å²) in [6, 6.07) is -1.43. The molecule has 0 saturated heterocycles. The Morgan fingerprint density at radius 2 is 1.56 bits per heavy atom. The van der Waals surface area contributed by atoms with Crippen LogP contribution in [-0.2, 0) is 28.5 Å². The van der Waals surface area contributed by atoms with Gasteiger partial charge in [-0.3, -0.25) is 10.1 Å². The van der Waals surface area contributed by atoms with Gasteiger partial charge >= 0.3 is 18.2 Å². The fourth-order valence-corrected chi connectivity index (χ4v) is 4.33. The van der Waals surface area contributed by atoms with Crippen LogP contribution in [0.25, 0.3) is 0 Å². The number of esters is 1. The van der Waals surface area contributed by atoms with Gasteiger partial charge in [-0.1, -0.05) is 40.0 Å². The minimum absolute atomic E-state index is 0.0881. The third-order valence-electron chi connectivity index (χ3n) is 6.25. The summed E-state index contributed by atoms with van der Waals surface area (Å²) < 4.78 is 22.6. The van der Waals surface area contributed by atoms with Gasteiger partial charge in [0.25, 0.3) is 0 Å². The van der Waals surface area contributed by atoms with E-state index in [-0.39, 0.29) is 31.0 Å². The van der Waals surface area contributed by atoms with Crippen LogP contribution in [0.2, 0.25) is 0 Å². The van der Waals surface area contributed by atoms with Gasteiger partial charge in [0.15, 0.2) is 0 Å². The molecule has 0 unspecified atom stereocenters. The number of unbranched alkanes of at least 4 members (excludes halogenated alkanes) is 3. The maximum Gasteiger partial charge on any atom is 0.437 e. The van der Waals surface area contributed by atoms with Crippen molar-refractivity contribution in [1.29, 1.82) is 0 Å².